The third kappa shape index (κ3) is 3.26. The van der Waals surface area contributed by atoms with Crippen molar-refractivity contribution in [2.45, 2.75) is 13.8 Å². The molecule has 0 atom stereocenters. The normalized spacial score (nSPS) is 11.6. The molecule has 5 rings (SSSR count). The highest BCUT2D eigenvalue weighted by Gasteiger charge is 2.24. The van der Waals surface area contributed by atoms with E-state index in [0.29, 0.717) is 35.0 Å². The second-order valence-electron chi connectivity index (χ2n) is 8.12. The number of rotatable bonds is 4. The van der Waals surface area contributed by atoms with Gasteiger partial charge in [0.15, 0.2) is 5.65 Å². The third-order valence-electron chi connectivity index (χ3n) is 5.39. The van der Waals surface area contributed by atoms with E-state index in [1.807, 2.05) is 53.1 Å². The maximum absolute atomic E-state index is 13.1. The number of benzene rings is 3. The van der Waals surface area contributed by atoms with E-state index in [2.05, 4.69) is 37.4 Å². The van der Waals surface area contributed by atoms with Crippen molar-refractivity contribution in [3.8, 4) is 5.69 Å². The molecule has 6 heteroatoms. The average molecular weight is 409 g/mol. The molecule has 6 nitrogen and oxygen atoms in total. The van der Waals surface area contributed by atoms with Gasteiger partial charge in [0.05, 0.1) is 11.0 Å². The maximum atomic E-state index is 13.1. The number of nitrogen functional groups attached to an aromatic ring is 1. The molecular formula is C25H23N5O. The number of amides is 1. The Morgan fingerprint density at radius 3 is 2.39 bits per heavy atom. The molecule has 1 amide bonds. The smallest absolute Gasteiger partial charge is 0.257 e. The van der Waals surface area contributed by atoms with Gasteiger partial charge in [0.2, 0.25) is 0 Å². The molecule has 2 heterocycles. The van der Waals surface area contributed by atoms with E-state index in [4.69, 9.17) is 15.7 Å². The molecule has 0 radical (unpaired) electrons. The lowest BCUT2D eigenvalue weighted by Gasteiger charge is -2.10. The van der Waals surface area contributed by atoms with Gasteiger partial charge in [0.1, 0.15) is 16.9 Å². The summed E-state index contributed by atoms with van der Waals surface area (Å²) >= 11 is 0. The standard InChI is InChI=1S/C25H23N5O/c1-15(2)14-27-25(31)21-22-24(29-20-10-6-5-9-19(20)28-22)30(23(21)26)18-12-11-16-7-3-4-8-17(16)13-18/h3-13,15H,14,26H2,1-2H3,(H,27,31). The molecule has 0 unspecified atom stereocenters. The van der Waals surface area contributed by atoms with Gasteiger partial charge in [-0.05, 0) is 41.0 Å². The van der Waals surface area contributed by atoms with Crippen molar-refractivity contribution >= 4 is 44.7 Å². The first-order valence-electron chi connectivity index (χ1n) is 10.4. The molecule has 0 saturated heterocycles. The third-order valence-corrected chi connectivity index (χ3v) is 5.39. The van der Waals surface area contributed by atoms with Crippen molar-refractivity contribution in [2.75, 3.05) is 12.3 Å². The predicted octanol–water partition coefficient (Wildman–Crippen LogP) is 4.69. The summed E-state index contributed by atoms with van der Waals surface area (Å²) in [4.78, 5) is 22.7. The topological polar surface area (TPSA) is 85.8 Å². The summed E-state index contributed by atoms with van der Waals surface area (Å²) in [6, 6.07) is 21.8. The molecule has 0 aliphatic rings. The number of anilines is 1. The molecule has 3 N–H and O–H groups in total. The molecule has 0 saturated carbocycles. The number of hydrogen-bond donors (Lipinski definition) is 2. The highest BCUT2D eigenvalue weighted by molar-refractivity contribution is 6.11. The van der Waals surface area contributed by atoms with Crippen molar-refractivity contribution in [3.05, 3.63) is 72.3 Å². The summed E-state index contributed by atoms with van der Waals surface area (Å²) in [5, 5.41) is 5.19. The number of para-hydroxylation sites is 2. The Morgan fingerprint density at radius 2 is 1.65 bits per heavy atom. The molecule has 0 spiro atoms. The summed E-state index contributed by atoms with van der Waals surface area (Å²) in [6.45, 7) is 4.66. The van der Waals surface area contributed by atoms with Crippen LogP contribution in [0.25, 0.3) is 38.7 Å². The molecular weight excluding hydrogens is 386 g/mol. The molecule has 0 fully saturated rings. The van der Waals surface area contributed by atoms with E-state index >= 15 is 0 Å². The van der Waals surface area contributed by atoms with Gasteiger partial charge in [0.25, 0.3) is 5.91 Å². The second kappa shape index (κ2) is 7.40. The number of nitrogens with two attached hydrogens (primary N) is 1. The Balaban J connectivity index is 1.79. The summed E-state index contributed by atoms with van der Waals surface area (Å²) < 4.78 is 1.82. The zero-order valence-corrected chi connectivity index (χ0v) is 17.5. The average Bonchev–Trinajstić information content (AvgIpc) is 3.06. The van der Waals surface area contributed by atoms with Crippen LogP contribution in [0.3, 0.4) is 0 Å². The Bertz CT molecular complexity index is 1450. The molecule has 2 aromatic heterocycles. The van der Waals surface area contributed by atoms with Crippen LogP contribution in [0, 0.1) is 5.92 Å². The van der Waals surface area contributed by atoms with Crippen LogP contribution in [0.1, 0.15) is 24.2 Å². The summed E-state index contributed by atoms with van der Waals surface area (Å²) in [6.07, 6.45) is 0. The minimum Gasteiger partial charge on any atom is -0.384 e. The van der Waals surface area contributed by atoms with E-state index in [0.717, 1.165) is 27.5 Å². The van der Waals surface area contributed by atoms with Crippen molar-refractivity contribution < 1.29 is 4.79 Å². The van der Waals surface area contributed by atoms with Crippen molar-refractivity contribution in [1.82, 2.24) is 19.9 Å². The lowest BCUT2D eigenvalue weighted by molar-refractivity contribution is 0.0951. The van der Waals surface area contributed by atoms with E-state index < -0.39 is 0 Å². The molecule has 0 bridgehead atoms. The van der Waals surface area contributed by atoms with E-state index in [1.54, 1.807) is 0 Å². The Kier molecular flexibility index (Phi) is 4.55. The van der Waals surface area contributed by atoms with Gasteiger partial charge in [-0.2, -0.15) is 0 Å². The first-order valence-corrected chi connectivity index (χ1v) is 10.4. The van der Waals surface area contributed by atoms with Crippen LogP contribution in [-0.4, -0.2) is 27.0 Å². The van der Waals surface area contributed by atoms with Gasteiger partial charge in [-0.15, -0.1) is 0 Å². The molecule has 31 heavy (non-hydrogen) atoms. The number of carbonyl (C=O) groups excluding carboxylic acids is 1. The zero-order valence-electron chi connectivity index (χ0n) is 17.5. The van der Waals surface area contributed by atoms with Gasteiger partial charge in [-0.3, -0.25) is 9.36 Å². The second-order valence-corrected chi connectivity index (χ2v) is 8.12. The Hall–Kier alpha value is -3.93. The number of fused-ring (bicyclic) bond motifs is 3. The van der Waals surface area contributed by atoms with Gasteiger partial charge in [-0.25, -0.2) is 9.97 Å². The lowest BCUT2D eigenvalue weighted by atomic mass is 10.1. The summed E-state index contributed by atoms with van der Waals surface area (Å²) in [5.41, 5.74) is 10.3. The molecule has 154 valence electrons. The maximum Gasteiger partial charge on any atom is 0.257 e. The highest BCUT2D eigenvalue weighted by Crippen LogP contribution is 2.32. The van der Waals surface area contributed by atoms with Crippen LogP contribution in [0.5, 0.6) is 0 Å². The quantitative estimate of drug-likeness (QED) is 0.451. The molecule has 0 aliphatic carbocycles. The molecule has 0 aliphatic heterocycles. The number of nitrogens with zero attached hydrogens (tertiary/aromatic N) is 3. The Labute approximate surface area is 179 Å². The van der Waals surface area contributed by atoms with E-state index in [-0.39, 0.29) is 5.91 Å². The van der Waals surface area contributed by atoms with Gasteiger partial charge >= 0.3 is 0 Å². The van der Waals surface area contributed by atoms with Gasteiger partial charge in [0, 0.05) is 12.2 Å². The van der Waals surface area contributed by atoms with Crippen LogP contribution in [0.15, 0.2) is 66.7 Å². The van der Waals surface area contributed by atoms with Crippen LogP contribution in [-0.2, 0) is 0 Å². The summed E-state index contributed by atoms with van der Waals surface area (Å²) in [5.74, 6) is 0.424. The van der Waals surface area contributed by atoms with Crippen molar-refractivity contribution in [3.63, 3.8) is 0 Å². The van der Waals surface area contributed by atoms with Gasteiger partial charge in [-0.1, -0.05) is 56.3 Å². The molecule has 3 aromatic carbocycles. The van der Waals surface area contributed by atoms with Crippen LogP contribution < -0.4 is 11.1 Å². The molecule has 5 aromatic rings. The van der Waals surface area contributed by atoms with Crippen LogP contribution in [0.4, 0.5) is 5.82 Å². The van der Waals surface area contributed by atoms with Crippen molar-refractivity contribution in [1.29, 1.82) is 0 Å². The SMILES string of the molecule is CC(C)CNC(=O)c1c(N)n(-c2ccc3ccccc3c2)c2nc3ccccc3nc12. The predicted molar refractivity (Wildman–Crippen MR) is 125 cm³/mol. The Morgan fingerprint density at radius 1 is 0.968 bits per heavy atom. The minimum absolute atomic E-state index is 0.236. The van der Waals surface area contributed by atoms with Crippen LogP contribution in [0.2, 0.25) is 0 Å². The fourth-order valence-corrected chi connectivity index (χ4v) is 3.85. The van der Waals surface area contributed by atoms with Crippen LogP contribution >= 0.6 is 0 Å². The number of hydrogen-bond acceptors (Lipinski definition) is 4. The summed E-state index contributed by atoms with van der Waals surface area (Å²) in [7, 11) is 0. The van der Waals surface area contributed by atoms with E-state index in [1.165, 1.54) is 0 Å². The van der Waals surface area contributed by atoms with Crippen molar-refractivity contribution in [2.24, 2.45) is 5.92 Å². The number of carbonyl (C=O) groups is 1. The van der Waals surface area contributed by atoms with E-state index in [9.17, 15) is 4.79 Å². The fourth-order valence-electron chi connectivity index (χ4n) is 3.85. The first-order chi connectivity index (χ1) is 15.0. The number of nitrogens with one attached hydrogen (secondary N) is 1. The number of aromatic nitrogens is 3. The highest BCUT2D eigenvalue weighted by atomic mass is 16.1. The lowest BCUT2D eigenvalue weighted by Crippen LogP contribution is -2.28. The zero-order chi connectivity index (χ0) is 21.5. The minimum atomic E-state index is -0.236. The first kappa shape index (κ1) is 19.1. The van der Waals surface area contributed by atoms with Gasteiger partial charge < -0.3 is 11.1 Å². The fraction of sp³-hybridized carbons (Fsp3) is 0.160. The monoisotopic (exact) mass is 409 g/mol. The largest absolute Gasteiger partial charge is 0.384 e.